The summed E-state index contributed by atoms with van der Waals surface area (Å²) < 4.78 is 13.5. The smallest absolute Gasteiger partial charge is 0.224 e. The van der Waals surface area contributed by atoms with Crippen molar-refractivity contribution in [1.29, 1.82) is 0 Å². The lowest BCUT2D eigenvalue weighted by molar-refractivity contribution is -0.120. The third-order valence-corrected chi connectivity index (χ3v) is 3.70. The molecule has 0 saturated carbocycles. The number of fused-ring (bicyclic) bond motifs is 1. The molecule has 3 rings (SSSR count). The van der Waals surface area contributed by atoms with Crippen LogP contribution in [0.4, 0.5) is 4.39 Å². The number of carbonyl (C=O) groups excluding carboxylic acids is 1. The van der Waals surface area contributed by atoms with Crippen molar-refractivity contribution in [2.45, 2.75) is 12.8 Å². The number of benzene rings is 2. The van der Waals surface area contributed by atoms with Crippen LogP contribution in [0.5, 0.6) is 0 Å². The third kappa shape index (κ3) is 3.17. The summed E-state index contributed by atoms with van der Waals surface area (Å²) in [6, 6.07) is 14.4. The lowest BCUT2D eigenvalue weighted by atomic mass is 10.1. The maximum absolute atomic E-state index is 13.5. The van der Waals surface area contributed by atoms with Gasteiger partial charge in [-0.2, -0.15) is 0 Å². The van der Waals surface area contributed by atoms with Gasteiger partial charge in [0, 0.05) is 23.6 Å². The van der Waals surface area contributed by atoms with Crippen LogP contribution in [0.1, 0.15) is 11.1 Å². The Kier molecular flexibility index (Phi) is 4.19. The zero-order valence-electron chi connectivity index (χ0n) is 12.1. The molecule has 0 bridgehead atoms. The maximum Gasteiger partial charge on any atom is 0.224 e. The number of carbonyl (C=O) groups is 1. The Bertz CT molecular complexity index is 794. The SMILES string of the molecule is O=C(Cc1ccccc1F)NCCc1c[nH]c2ccccc12. The Morgan fingerprint density at radius 3 is 2.68 bits per heavy atom. The van der Waals surface area contributed by atoms with Crippen molar-refractivity contribution >= 4 is 16.8 Å². The minimum absolute atomic E-state index is 0.0700. The first-order valence-corrected chi connectivity index (χ1v) is 7.29. The van der Waals surface area contributed by atoms with Crippen LogP contribution in [0.15, 0.2) is 54.7 Å². The largest absolute Gasteiger partial charge is 0.361 e. The highest BCUT2D eigenvalue weighted by Gasteiger charge is 2.08. The van der Waals surface area contributed by atoms with E-state index in [4.69, 9.17) is 0 Å². The lowest BCUT2D eigenvalue weighted by Crippen LogP contribution is -2.27. The zero-order valence-corrected chi connectivity index (χ0v) is 12.1. The number of rotatable bonds is 5. The molecule has 0 unspecified atom stereocenters. The number of aromatic amines is 1. The fraction of sp³-hybridized carbons (Fsp3) is 0.167. The average molecular weight is 296 g/mol. The number of aromatic nitrogens is 1. The number of H-pyrrole nitrogens is 1. The first-order chi connectivity index (χ1) is 10.7. The lowest BCUT2D eigenvalue weighted by Gasteiger charge is -2.06. The number of amides is 1. The van der Waals surface area contributed by atoms with E-state index in [2.05, 4.69) is 16.4 Å². The van der Waals surface area contributed by atoms with Crippen LogP contribution in [-0.4, -0.2) is 17.4 Å². The van der Waals surface area contributed by atoms with E-state index in [0.717, 1.165) is 11.9 Å². The van der Waals surface area contributed by atoms with Crippen LogP contribution in [-0.2, 0) is 17.6 Å². The van der Waals surface area contributed by atoms with Crippen LogP contribution in [0.3, 0.4) is 0 Å². The van der Waals surface area contributed by atoms with Gasteiger partial charge in [-0.1, -0.05) is 36.4 Å². The highest BCUT2D eigenvalue weighted by atomic mass is 19.1. The van der Waals surface area contributed by atoms with Crippen LogP contribution >= 0.6 is 0 Å². The van der Waals surface area contributed by atoms with Gasteiger partial charge in [-0.05, 0) is 29.7 Å². The first-order valence-electron chi connectivity index (χ1n) is 7.29. The van der Waals surface area contributed by atoms with Crippen LogP contribution in [0, 0.1) is 5.82 Å². The molecule has 2 aromatic carbocycles. The molecule has 3 nitrogen and oxygen atoms in total. The van der Waals surface area contributed by atoms with Gasteiger partial charge in [-0.3, -0.25) is 4.79 Å². The second-order valence-corrected chi connectivity index (χ2v) is 5.23. The molecule has 0 radical (unpaired) electrons. The Morgan fingerprint density at radius 1 is 1.05 bits per heavy atom. The second kappa shape index (κ2) is 6.43. The molecule has 0 spiro atoms. The molecule has 4 heteroatoms. The summed E-state index contributed by atoms with van der Waals surface area (Å²) in [5, 5.41) is 4.01. The normalized spacial score (nSPS) is 10.8. The van der Waals surface area contributed by atoms with Gasteiger partial charge in [0.25, 0.3) is 0 Å². The summed E-state index contributed by atoms with van der Waals surface area (Å²) in [5.74, 6) is -0.501. The molecule has 0 fully saturated rings. The van der Waals surface area contributed by atoms with Crippen LogP contribution in [0.25, 0.3) is 10.9 Å². The van der Waals surface area contributed by atoms with Crippen molar-refractivity contribution in [1.82, 2.24) is 10.3 Å². The molecule has 0 aliphatic heterocycles. The topological polar surface area (TPSA) is 44.9 Å². The van der Waals surface area contributed by atoms with E-state index >= 15 is 0 Å². The highest BCUT2D eigenvalue weighted by molar-refractivity contribution is 5.83. The minimum atomic E-state index is -0.339. The van der Waals surface area contributed by atoms with E-state index in [9.17, 15) is 9.18 Å². The molecule has 0 aliphatic rings. The van der Waals surface area contributed by atoms with Gasteiger partial charge in [0.2, 0.25) is 5.91 Å². The van der Waals surface area contributed by atoms with Gasteiger partial charge in [0.1, 0.15) is 5.82 Å². The minimum Gasteiger partial charge on any atom is -0.361 e. The molecule has 112 valence electrons. The van der Waals surface area contributed by atoms with Crippen molar-refractivity contribution < 1.29 is 9.18 Å². The molecular weight excluding hydrogens is 279 g/mol. The molecule has 1 heterocycles. The Labute approximate surface area is 128 Å². The molecule has 22 heavy (non-hydrogen) atoms. The Hall–Kier alpha value is -2.62. The van der Waals surface area contributed by atoms with Gasteiger partial charge >= 0.3 is 0 Å². The molecule has 2 N–H and O–H groups in total. The molecule has 0 atom stereocenters. The quantitative estimate of drug-likeness (QED) is 0.746. The van der Waals surface area contributed by atoms with Crippen LogP contribution in [0.2, 0.25) is 0 Å². The molecule has 1 amide bonds. The van der Waals surface area contributed by atoms with E-state index in [1.807, 2.05) is 24.4 Å². The molecule has 0 saturated heterocycles. The number of hydrogen-bond donors (Lipinski definition) is 2. The maximum atomic E-state index is 13.5. The van der Waals surface area contributed by atoms with Crippen molar-refractivity contribution in [3.8, 4) is 0 Å². The summed E-state index contributed by atoms with van der Waals surface area (Å²) in [7, 11) is 0. The number of nitrogens with one attached hydrogen (secondary N) is 2. The molecular formula is C18H17FN2O. The van der Waals surface area contributed by atoms with E-state index in [1.165, 1.54) is 17.0 Å². The van der Waals surface area contributed by atoms with E-state index in [-0.39, 0.29) is 18.1 Å². The number of para-hydroxylation sites is 1. The highest BCUT2D eigenvalue weighted by Crippen LogP contribution is 2.17. The monoisotopic (exact) mass is 296 g/mol. The molecule has 3 aromatic rings. The van der Waals surface area contributed by atoms with Gasteiger partial charge < -0.3 is 10.3 Å². The summed E-state index contributed by atoms with van der Waals surface area (Å²) in [6.45, 7) is 0.537. The summed E-state index contributed by atoms with van der Waals surface area (Å²) in [4.78, 5) is 15.1. The second-order valence-electron chi connectivity index (χ2n) is 5.23. The van der Waals surface area contributed by atoms with Gasteiger partial charge in [0.05, 0.1) is 6.42 Å². The van der Waals surface area contributed by atoms with Crippen molar-refractivity contribution in [3.63, 3.8) is 0 Å². The fourth-order valence-corrected chi connectivity index (χ4v) is 2.55. The van der Waals surface area contributed by atoms with Crippen LogP contribution < -0.4 is 5.32 Å². The van der Waals surface area contributed by atoms with Gasteiger partial charge in [-0.25, -0.2) is 4.39 Å². The predicted molar refractivity (Wildman–Crippen MR) is 85.1 cm³/mol. The van der Waals surface area contributed by atoms with Crippen molar-refractivity contribution in [2.24, 2.45) is 0 Å². The average Bonchev–Trinajstić information content (AvgIpc) is 2.93. The van der Waals surface area contributed by atoms with E-state index in [1.54, 1.807) is 18.2 Å². The van der Waals surface area contributed by atoms with E-state index in [0.29, 0.717) is 12.1 Å². The van der Waals surface area contributed by atoms with Crippen molar-refractivity contribution in [3.05, 3.63) is 71.7 Å². The summed E-state index contributed by atoms with van der Waals surface area (Å²) in [6.07, 6.45) is 2.78. The summed E-state index contributed by atoms with van der Waals surface area (Å²) in [5.41, 5.74) is 2.68. The zero-order chi connectivity index (χ0) is 15.4. The number of halogens is 1. The third-order valence-electron chi connectivity index (χ3n) is 3.70. The number of hydrogen-bond acceptors (Lipinski definition) is 1. The standard InChI is InChI=1S/C18H17FN2O/c19-16-7-3-1-5-13(16)11-18(22)20-10-9-14-12-21-17-8-4-2-6-15(14)17/h1-8,12,21H,9-11H2,(H,20,22). The van der Waals surface area contributed by atoms with E-state index < -0.39 is 0 Å². The fourth-order valence-electron chi connectivity index (χ4n) is 2.55. The predicted octanol–water partition coefficient (Wildman–Crippen LogP) is 3.21. The van der Waals surface area contributed by atoms with Gasteiger partial charge in [0.15, 0.2) is 0 Å². The Balaban J connectivity index is 1.55. The molecule has 0 aliphatic carbocycles. The first kappa shape index (κ1) is 14.3. The molecule has 1 aromatic heterocycles. The Morgan fingerprint density at radius 2 is 1.82 bits per heavy atom. The summed E-state index contributed by atoms with van der Waals surface area (Å²) >= 11 is 0. The van der Waals surface area contributed by atoms with Gasteiger partial charge in [-0.15, -0.1) is 0 Å². The van der Waals surface area contributed by atoms with Crippen molar-refractivity contribution in [2.75, 3.05) is 6.54 Å².